The molecule has 1 aromatic heterocycles. The molecule has 0 bridgehead atoms. The zero-order valence-corrected chi connectivity index (χ0v) is 21.3. The van der Waals surface area contributed by atoms with Gasteiger partial charge in [0.2, 0.25) is 11.8 Å². The number of nitrogens with zero attached hydrogens (tertiary/aromatic N) is 3. The standard InChI is InChI=1S/C27H27F2N5O5/c1-14-25(15(2)39-32-14)16-3-6-21(30-17-9-10-33(13-17)27(37)38)22(11-16)31-26(36)23-7-8-24(35)34(23)18-4-5-19(28)20(29)12-18/h3-6,11-12,17,23,30H,7-10,13H2,1-2H3,(H,31,36)(H,37,38). The average molecular weight is 540 g/mol. The average Bonchev–Trinajstić information content (AvgIpc) is 3.61. The van der Waals surface area contributed by atoms with Gasteiger partial charge < -0.3 is 25.2 Å². The van der Waals surface area contributed by atoms with E-state index < -0.39 is 29.7 Å². The minimum atomic E-state index is -1.11. The first-order valence-electron chi connectivity index (χ1n) is 12.5. The maximum atomic E-state index is 13.9. The number of benzene rings is 2. The monoisotopic (exact) mass is 539 g/mol. The van der Waals surface area contributed by atoms with E-state index in [2.05, 4.69) is 15.8 Å². The van der Waals surface area contributed by atoms with Crippen molar-refractivity contribution in [3.8, 4) is 11.1 Å². The third kappa shape index (κ3) is 5.14. The maximum absolute atomic E-state index is 13.9. The number of carbonyl (C=O) groups is 3. The summed E-state index contributed by atoms with van der Waals surface area (Å²) >= 11 is 0. The molecule has 204 valence electrons. The molecule has 3 aromatic rings. The van der Waals surface area contributed by atoms with Crippen molar-refractivity contribution < 1.29 is 32.8 Å². The van der Waals surface area contributed by atoms with Crippen LogP contribution < -0.4 is 15.5 Å². The van der Waals surface area contributed by atoms with Gasteiger partial charge in [0.05, 0.1) is 17.1 Å². The maximum Gasteiger partial charge on any atom is 0.407 e. The van der Waals surface area contributed by atoms with Crippen LogP contribution in [0.5, 0.6) is 0 Å². The number of hydrogen-bond donors (Lipinski definition) is 3. The molecule has 0 spiro atoms. The van der Waals surface area contributed by atoms with Crippen molar-refractivity contribution in [3.05, 3.63) is 59.5 Å². The van der Waals surface area contributed by atoms with E-state index in [1.165, 1.54) is 15.9 Å². The van der Waals surface area contributed by atoms with E-state index in [1.807, 2.05) is 6.07 Å². The first-order chi connectivity index (χ1) is 18.6. The van der Waals surface area contributed by atoms with Crippen molar-refractivity contribution in [2.75, 3.05) is 28.6 Å². The summed E-state index contributed by atoms with van der Waals surface area (Å²) in [6, 6.07) is 7.37. The highest BCUT2D eigenvalue weighted by molar-refractivity contribution is 6.08. The third-order valence-corrected chi connectivity index (χ3v) is 7.11. The van der Waals surface area contributed by atoms with Gasteiger partial charge in [0.15, 0.2) is 11.6 Å². The van der Waals surface area contributed by atoms with Crippen LogP contribution in [-0.4, -0.2) is 58.2 Å². The van der Waals surface area contributed by atoms with Crippen LogP contribution in [0.1, 0.15) is 30.7 Å². The predicted octanol–water partition coefficient (Wildman–Crippen LogP) is 4.53. The molecule has 2 saturated heterocycles. The van der Waals surface area contributed by atoms with Crippen LogP contribution in [0.15, 0.2) is 40.9 Å². The zero-order chi connectivity index (χ0) is 27.8. The Balaban J connectivity index is 1.45. The molecule has 2 aliphatic rings. The molecule has 2 fully saturated rings. The van der Waals surface area contributed by atoms with E-state index in [0.29, 0.717) is 35.8 Å². The quantitative estimate of drug-likeness (QED) is 0.420. The van der Waals surface area contributed by atoms with Crippen molar-refractivity contribution in [2.45, 2.75) is 45.2 Å². The molecule has 3 amide bonds. The third-order valence-electron chi connectivity index (χ3n) is 7.11. The minimum Gasteiger partial charge on any atom is -0.465 e. The molecule has 2 atom stereocenters. The molecule has 3 N–H and O–H groups in total. The highest BCUT2D eigenvalue weighted by atomic mass is 19.2. The van der Waals surface area contributed by atoms with Gasteiger partial charge in [-0.2, -0.15) is 0 Å². The van der Waals surface area contributed by atoms with Crippen LogP contribution in [0.25, 0.3) is 11.1 Å². The van der Waals surface area contributed by atoms with E-state index in [-0.39, 0.29) is 37.0 Å². The predicted molar refractivity (Wildman–Crippen MR) is 139 cm³/mol. The molecule has 12 heteroatoms. The largest absolute Gasteiger partial charge is 0.465 e. The molecule has 10 nitrogen and oxygen atoms in total. The highest BCUT2D eigenvalue weighted by Gasteiger charge is 2.38. The van der Waals surface area contributed by atoms with Gasteiger partial charge in [0, 0.05) is 42.9 Å². The lowest BCUT2D eigenvalue weighted by molar-refractivity contribution is -0.120. The summed E-state index contributed by atoms with van der Waals surface area (Å²) in [6.45, 7) is 4.26. The Kier molecular flexibility index (Phi) is 6.94. The van der Waals surface area contributed by atoms with Gasteiger partial charge in [-0.3, -0.25) is 14.5 Å². The molecule has 3 heterocycles. The highest BCUT2D eigenvalue weighted by Crippen LogP contribution is 2.35. The number of carbonyl (C=O) groups excluding carboxylic acids is 2. The number of hydrogen-bond acceptors (Lipinski definition) is 6. The van der Waals surface area contributed by atoms with Crippen LogP contribution in [-0.2, 0) is 9.59 Å². The number of aromatic nitrogens is 1. The van der Waals surface area contributed by atoms with Crippen molar-refractivity contribution in [2.24, 2.45) is 0 Å². The summed E-state index contributed by atoms with van der Waals surface area (Å²) in [5, 5.41) is 19.5. The summed E-state index contributed by atoms with van der Waals surface area (Å²) in [4.78, 5) is 40.1. The first-order valence-corrected chi connectivity index (χ1v) is 12.5. The fourth-order valence-corrected chi connectivity index (χ4v) is 5.20. The second kappa shape index (κ2) is 10.4. The summed E-state index contributed by atoms with van der Waals surface area (Å²) in [7, 11) is 0. The van der Waals surface area contributed by atoms with Crippen LogP contribution in [0.4, 0.5) is 30.6 Å². The summed E-state index contributed by atoms with van der Waals surface area (Å²) in [6.07, 6.45) is -0.128. The lowest BCUT2D eigenvalue weighted by Gasteiger charge is -2.25. The topological polar surface area (TPSA) is 128 Å². The number of carboxylic acid groups (broad SMARTS) is 1. The molecule has 5 rings (SSSR count). The van der Waals surface area contributed by atoms with Crippen molar-refractivity contribution in [1.82, 2.24) is 10.1 Å². The van der Waals surface area contributed by atoms with Gasteiger partial charge >= 0.3 is 6.09 Å². The number of halogens is 2. The second-order valence-corrected chi connectivity index (χ2v) is 9.72. The van der Waals surface area contributed by atoms with Crippen molar-refractivity contribution in [1.29, 1.82) is 0 Å². The lowest BCUT2D eigenvalue weighted by Crippen LogP contribution is -2.42. The van der Waals surface area contributed by atoms with Gasteiger partial charge in [-0.05, 0) is 56.5 Å². The minimum absolute atomic E-state index is 0.0778. The van der Waals surface area contributed by atoms with Crippen LogP contribution >= 0.6 is 0 Å². The number of rotatable bonds is 6. The Bertz CT molecular complexity index is 1440. The molecule has 2 aromatic carbocycles. The normalized spacial score (nSPS) is 19.0. The number of nitrogens with one attached hydrogen (secondary N) is 2. The van der Waals surface area contributed by atoms with E-state index in [4.69, 9.17) is 4.52 Å². The Hall–Kier alpha value is -4.48. The number of likely N-dealkylation sites (tertiary alicyclic amines) is 1. The molecule has 2 unspecified atom stereocenters. The molecule has 0 radical (unpaired) electrons. The van der Waals surface area contributed by atoms with Crippen LogP contribution in [0.2, 0.25) is 0 Å². The van der Waals surface area contributed by atoms with Gasteiger partial charge in [0.25, 0.3) is 0 Å². The molecule has 2 aliphatic heterocycles. The van der Waals surface area contributed by atoms with Gasteiger partial charge in [-0.15, -0.1) is 0 Å². The number of anilines is 3. The fraction of sp³-hybridized carbons (Fsp3) is 0.333. The number of aryl methyl sites for hydroxylation is 2. The summed E-state index contributed by atoms with van der Waals surface area (Å²) < 4.78 is 32.7. The molecular formula is C27H27F2N5O5. The Labute approximate surface area is 222 Å². The van der Waals surface area contributed by atoms with E-state index in [0.717, 1.165) is 23.3 Å². The van der Waals surface area contributed by atoms with Gasteiger partial charge in [-0.25, -0.2) is 13.6 Å². The summed E-state index contributed by atoms with van der Waals surface area (Å²) in [5.74, 6) is -2.43. The van der Waals surface area contributed by atoms with Gasteiger partial charge in [0.1, 0.15) is 11.8 Å². The molecular weight excluding hydrogens is 512 g/mol. The molecule has 0 aliphatic carbocycles. The Morgan fingerprint density at radius 2 is 1.87 bits per heavy atom. The Morgan fingerprint density at radius 3 is 2.54 bits per heavy atom. The van der Waals surface area contributed by atoms with Crippen molar-refractivity contribution in [3.63, 3.8) is 0 Å². The van der Waals surface area contributed by atoms with Gasteiger partial charge in [-0.1, -0.05) is 11.2 Å². The zero-order valence-electron chi connectivity index (χ0n) is 21.3. The van der Waals surface area contributed by atoms with E-state index >= 15 is 0 Å². The van der Waals surface area contributed by atoms with E-state index in [1.54, 1.807) is 26.0 Å². The summed E-state index contributed by atoms with van der Waals surface area (Å²) in [5.41, 5.74) is 3.26. The van der Waals surface area contributed by atoms with Crippen LogP contribution in [0, 0.1) is 25.5 Å². The molecule has 0 saturated carbocycles. The first kappa shape index (κ1) is 26.1. The molecule has 39 heavy (non-hydrogen) atoms. The van der Waals surface area contributed by atoms with Crippen molar-refractivity contribution >= 4 is 35.0 Å². The van der Waals surface area contributed by atoms with Crippen LogP contribution in [0.3, 0.4) is 0 Å². The van der Waals surface area contributed by atoms with E-state index in [9.17, 15) is 28.3 Å². The number of amides is 3. The second-order valence-electron chi connectivity index (χ2n) is 9.72. The SMILES string of the molecule is Cc1noc(C)c1-c1ccc(NC2CCN(C(=O)O)C2)c(NC(=O)C2CCC(=O)N2c2ccc(F)c(F)c2)c1. The Morgan fingerprint density at radius 1 is 1.08 bits per heavy atom. The fourth-order valence-electron chi connectivity index (χ4n) is 5.20. The lowest BCUT2D eigenvalue weighted by atomic mass is 10.0. The smallest absolute Gasteiger partial charge is 0.407 e.